The summed E-state index contributed by atoms with van der Waals surface area (Å²) in [4.78, 5) is 80.5. The van der Waals surface area contributed by atoms with Crippen molar-refractivity contribution in [1.29, 1.82) is 0 Å². The summed E-state index contributed by atoms with van der Waals surface area (Å²) in [6.45, 7) is 0.361. The fraction of sp³-hybridized carbons (Fsp3) is 0.714. The smallest absolute Gasteiger partial charge is 0.243 e. The maximum Gasteiger partial charge on any atom is 0.243 e. The molecule has 4 fully saturated rings. The molecular formula is C21H30N6O6. The molecule has 6 amide bonds. The first-order chi connectivity index (χ1) is 15.9. The molecule has 33 heavy (non-hydrogen) atoms. The Morgan fingerprint density at radius 3 is 1.03 bits per heavy atom. The van der Waals surface area contributed by atoms with Crippen LogP contribution < -0.4 is 16.0 Å². The van der Waals surface area contributed by atoms with Crippen LogP contribution in [0.4, 0.5) is 0 Å². The van der Waals surface area contributed by atoms with Gasteiger partial charge in [0.15, 0.2) is 0 Å². The lowest BCUT2D eigenvalue weighted by molar-refractivity contribution is -0.143. The second-order valence-corrected chi connectivity index (χ2v) is 8.89. The highest BCUT2D eigenvalue weighted by atomic mass is 16.2. The number of hydrogen-bond donors (Lipinski definition) is 3. The van der Waals surface area contributed by atoms with Crippen molar-refractivity contribution >= 4 is 35.4 Å². The van der Waals surface area contributed by atoms with Crippen LogP contribution in [0.25, 0.3) is 0 Å². The van der Waals surface area contributed by atoms with Gasteiger partial charge in [-0.2, -0.15) is 0 Å². The second kappa shape index (κ2) is 9.75. The van der Waals surface area contributed by atoms with Crippen LogP contribution in [-0.4, -0.2) is 108 Å². The number of nitrogens with one attached hydrogen (secondary N) is 3. The summed E-state index contributed by atoms with van der Waals surface area (Å²) >= 11 is 0. The normalized spacial score (nSPS) is 30.2. The van der Waals surface area contributed by atoms with Gasteiger partial charge in [0.1, 0.15) is 18.1 Å². The fourth-order valence-corrected chi connectivity index (χ4v) is 5.16. The Bertz CT molecular complexity index is 687. The predicted molar refractivity (Wildman–Crippen MR) is 113 cm³/mol. The van der Waals surface area contributed by atoms with Gasteiger partial charge in [-0.05, 0) is 38.5 Å². The van der Waals surface area contributed by atoms with Gasteiger partial charge < -0.3 is 30.7 Å². The van der Waals surface area contributed by atoms with E-state index in [0.29, 0.717) is 58.2 Å². The minimum Gasteiger partial charge on any atom is -0.345 e. The molecule has 4 saturated heterocycles. The van der Waals surface area contributed by atoms with Gasteiger partial charge in [0.25, 0.3) is 0 Å². The molecule has 4 heterocycles. The van der Waals surface area contributed by atoms with Crippen LogP contribution >= 0.6 is 0 Å². The molecule has 4 rings (SSSR count). The lowest BCUT2D eigenvalue weighted by Gasteiger charge is -2.28. The van der Waals surface area contributed by atoms with E-state index in [0.717, 1.165) is 0 Å². The van der Waals surface area contributed by atoms with E-state index < -0.39 is 35.8 Å². The largest absolute Gasteiger partial charge is 0.345 e. The number of nitrogens with zero attached hydrogens (tertiary/aromatic N) is 3. The number of rotatable bonds is 0. The summed E-state index contributed by atoms with van der Waals surface area (Å²) < 4.78 is 0. The van der Waals surface area contributed by atoms with Crippen LogP contribution in [0.2, 0.25) is 0 Å². The van der Waals surface area contributed by atoms with Crippen LogP contribution in [0, 0.1) is 0 Å². The molecule has 0 aliphatic carbocycles. The molecule has 12 nitrogen and oxygen atoms in total. The van der Waals surface area contributed by atoms with Crippen molar-refractivity contribution in [3.63, 3.8) is 0 Å². The molecule has 0 saturated carbocycles. The van der Waals surface area contributed by atoms with Gasteiger partial charge in [-0.25, -0.2) is 0 Å². The Morgan fingerprint density at radius 1 is 0.485 bits per heavy atom. The van der Waals surface area contributed by atoms with E-state index in [9.17, 15) is 28.8 Å². The van der Waals surface area contributed by atoms with Crippen molar-refractivity contribution in [3.8, 4) is 0 Å². The number of carbonyl (C=O) groups is 6. The summed E-state index contributed by atoms with van der Waals surface area (Å²) in [5.74, 6) is -2.40. The zero-order valence-corrected chi connectivity index (χ0v) is 18.5. The van der Waals surface area contributed by atoms with Gasteiger partial charge in [-0.3, -0.25) is 28.8 Å². The Balaban J connectivity index is 1.53. The van der Waals surface area contributed by atoms with E-state index in [1.807, 2.05) is 0 Å². The SMILES string of the molecule is O=C1NCC(=O)N2CCC[C@H]2C(=O)NCC(=O)N2CCC[C@H]2C(=O)NCC(=O)N2CCC[C@@H]12. The van der Waals surface area contributed by atoms with E-state index in [1.54, 1.807) is 0 Å². The van der Waals surface area contributed by atoms with Gasteiger partial charge in [0, 0.05) is 19.6 Å². The van der Waals surface area contributed by atoms with Crippen LogP contribution in [0.15, 0.2) is 0 Å². The highest BCUT2D eigenvalue weighted by molar-refractivity contribution is 5.96. The van der Waals surface area contributed by atoms with Crippen molar-refractivity contribution in [2.45, 2.75) is 56.7 Å². The topological polar surface area (TPSA) is 148 Å². The Labute approximate surface area is 191 Å². The molecule has 4 aliphatic rings. The van der Waals surface area contributed by atoms with Gasteiger partial charge in [0.2, 0.25) is 35.4 Å². The average Bonchev–Trinajstić information content (AvgIpc) is 3.57. The maximum atomic E-state index is 12.7. The molecule has 0 radical (unpaired) electrons. The first-order valence-corrected chi connectivity index (χ1v) is 11.6. The Morgan fingerprint density at radius 2 is 0.758 bits per heavy atom. The second-order valence-electron chi connectivity index (χ2n) is 8.89. The van der Waals surface area contributed by atoms with E-state index in [-0.39, 0.29) is 37.4 Å². The molecule has 0 aromatic rings. The molecule has 0 bridgehead atoms. The molecule has 3 atom stereocenters. The number of fused-ring (bicyclic) bond motifs is 3. The van der Waals surface area contributed by atoms with E-state index in [1.165, 1.54) is 14.7 Å². The standard InChI is InChI=1S/C21H30N6O6/c28-16-10-23-20(32)14-5-2-9-27(14)18(30)12-24-21(33)15-6-3-8-26(15)17(29)11-22-19(31)13-4-1-7-25(13)16/h13-15H,1-12H2,(H,22,31)(H,23,32)(H,24,33)/t13-,14-,15-/m0/s1. The summed E-state index contributed by atoms with van der Waals surface area (Å²) in [5, 5.41) is 7.79. The summed E-state index contributed by atoms with van der Waals surface area (Å²) in [6, 6.07) is -2.12. The number of hydrogen-bond acceptors (Lipinski definition) is 6. The van der Waals surface area contributed by atoms with Crippen LogP contribution in [0.5, 0.6) is 0 Å². The summed E-state index contributed by atoms with van der Waals surface area (Å²) in [6.07, 6.45) is 3.35. The average molecular weight is 463 g/mol. The predicted octanol–water partition coefficient (Wildman–Crippen LogP) is -2.68. The molecule has 180 valence electrons. The van der Waals surface area contributed by atoms with Gasteiger partial charge in [-0.1, -0.05) is 0 Å². The zero-order valence-electron chi connectivity index (χ0n) is 18.5. The summed E-state index contributed by atoms with van der Waals surface area (Å²) in [7, 11) is 0. The molecule has 0 spiro atoms. The van der Waals surface area contributed by atoms with Crippen molar-refractivity contribution in [2.75, 3.05) is 39.3 Å². The van der Waals surface area contributed by atoms with Gasteiger partial charge >= 0.3 is 0 Å². The summed E-state index contributed by atoms with van der Waals surface area (Å²) in [5.41, 5.74) is 0. The van der Waals surface area contributed by atoms with Crippen LogP contribution in [0.1, 0.15) is 38.5 Å². The lowest BCUT2D eigenvalue weighted by atomic mass is 10.2. The third-order valence-electron chi connectivity index (χ3n) is 6.87. The first kappa shape index (κ1) is 23.0. The molecular weight excluding hydrogens is 432 g/mol. The minimum atomic E-state index is -0.705. The highest BCUT2D eigenvalue weighted by Gasteiger charge is 2.39. The quantitative estimate of drug-likeness (QED) is 0.357. The van der Waals surface area contributed by atoms with Gasteiger partial charge in [0.05, 0.1) is 19.6 Å². The van der Waals surface area contributed by atoms with Gasteiger partial charge in [-0.15, -0.1) is 0 Å². The van der Waals surface area contributed by atoms with Crippen molar-refractivity contribution in [1.82, 2.24) is 30.7 Å². The van der Waals surface area contributed by atoms with Crippen LogP contribution in [0.3, 0.4) is 0 Å². The van der Waals surface area contributed by atoms with Crippen LogP contribution in [-0.2, 0) is 28.8 Å². The molecule has 12 heteroatoms. The van der Waals surface area contributed by atoms with E-state index in [4.69, 9.17) is 0 Å². The third kappa shape index (κ3) is 4.79. The number of carbonyl (C=O) groups excluding carboxylic acids is 6. The van der Waals surface area contributed by atoms with E-state index >= 15 is 0 Å². The zero-order chi connectivity index (χ0) is 23.5. The molecule has 0 aromatic heterocycles. The minimum absolute atomic E-state index is 0.272. The Kier molecular flexibility index (Phi) is 6.80. The van der Waals surface area contributed by atoms with Crippen molar-refractivity contribution in [2.24, 2.45) is 0 Å². The highest BCUT2D eigenvalue weighted by Crippen LogP contribution is 2.20. The first-order valence-electron chi connectivity index (χ1n) is 11.6. The molecule has 0 unspecified atom stereocenters. The monoisotopic (exact) mass is 462 g/mol. The molecule has 4 aliphatic heterocycles. The van der Waals surface area contributed by atoms with Crippen molar-refractivity contribution in [3.05, 3.63) is 0 Å². The maximum absolute atomic E-state index is 12.7. The lowest BCUT2D eigenvalue weighted by Crippen LogP contribution is -2.55. The number of amides is 6. The Hall–Kier alpha value is -3.18. The van der Waals surface area contributed by atoms with E-state index in [2.05, 4.69) is 16.0 Å². The van der Waals surface area contributed by atoms with Crippen molar-refractivity contribution < 1.29 is 28.8 Å². The third-order valence-corrected chi connectivity index (χ3v) is 6.87. The molecule has 3 N–H and O–H groups in total. The molecule has 0 aromatic carbocycles. The fourth-order valence-electron chi connectivity index (χ4n) is 5.16.